The van der Waals surface area contributed by atoms with E-state index in [0.717, 1.165) is 18.5 Å². The van der Waals surface area contributed by atoms with E-state index in [2.05, 4.69) is 10.6 Å². The third kappa shape index (κ3) is 5.68. The summed E-state index contributed by atoms with van der Waals surface area (Å²) in [4.78, 5) is 51.4. The van der Waals surface area contributed by atoms with Crippen molar-refractivity contribution < 1.29 is 28.7 Å². The highest BCUT2D eigenvalue weighted by Crippen LogP contribution is 2.28. The van der Waals surface area contributed by atoms with E-state index in [1.807, 2.05) is 6.07 Å². The van der Waals surface area contributed by atoms with Gasteiger partial charge in [-0.25, -0.2) is 14.4 Å². The Balaban J connectivity index is 1.49. The van der Waals surface area contributed by atoms with Gasteiger partial charge in [0.1, 0.15) is 6.61 Å². The molecule has 0 saturated carbocycles. The smallest absolute Gasteiger partial charge is 0.338 e. The molecule has 2 N–H and O–H groups in total. The van der Waals surface area contributed by atoms with E-state index in [1.54, 1.807) is 60.4 Å². The number of hydrogen-bond donors (Lipinski definition) is 2. The summed E-state index contributed by atoms with van der Waals surface area (Å²) in [5.74, 6) is -1.08. The predicted octanol–water partition coefficient (Wildman–Crippen LogP) is 2.84. The molecule has 2 aliphatic rings. The number of hydrogen-bond acceptors (Lipinski definition) is 6. The number of carbonyl (C=O) groups is 4. The summed E-state index contributed by atoms with van der Waals surface area (Å²) in [5.41, 5.74) is 2.27. The number of amides is 3. The molecule has 1 saturated heterocycles. The molecule has 4 rings (SSSR count). The number of rotatable bonds is 8. The van der Waals surface area contributed by atoms with Gasteiger partial charge in [-0.15, -0.1) is 0 Å². The zero-order valence-corrected chi connectivity index (χ0v) is 19.4. The maximum Gasteiger partial charge on any atom is 0.338 e. The Bertz CT molecular complexity index is 1140. The molecule has 35 heavy (non-hydrogen) atoms. The van der Waals surface area contributed by atoms with Crippen LogP contribution in [-0.4, -0.2) is 48.5 Å². The molecule has 3 amide bonds. The number of carbonyl (C=O) groups excluding carboxylic acids is 4. The van der Waals surface area contributed by atoms with E-state index in [0.29, 0.717) is 24.1 Å². The number of benzene rings is 2. The molecule has 0 aliphatic carbocycles. The lowest BCUT2D eigenvalue weighted by atomic mass is 9.95. The van der Waals surface area contributed by atoms with Gasteiger partial charge in [-0.2, -0.15) is 0 Å². The fraction of sp³-hybridized carbons (Fsp3) is 0.308. The maximum absolute atomic E-state index is 12.8. The van der Waals surface area contributed by atoms with Gasteiger partial charge in [-0.05, 0) is 36.6 Å². The largest absolute Gasteiger partial charge is 0.463 e. The van der Waals surface area contributed by atoms with Crippen LogP contribution in [0.25, 0.3) is 0 Å². The van der Waals surface area contributed by atoms with Crippen molar-refractivity contribution in [1.82, 2.24) is 15.5 Å². The minimum atomic E-state index is -0.745. The molecule has 182 valence electrons. The standard InChI is InChI=1S/C26H27N3O6/c1-2-34-25(32)22-20(27-26(33)28-23(22)18-7-4-3-5-8-18)16-35-24(31)19-12-10-17(11-13-19)15-29-14-6-9-21(29)30/h3-5,7-8,10-13,23H,2,6,9,14-16H2,1H3,(H2,27,28,33)/t23-/m1/s1. The van der Waals surface area contributed by atoms with Crippen LogP contribution in [0.15, 0.2) is 65.9 Å². The number of esters is 2. The fourth-order valence-electron chi connectivity index (χ4n) is 4.14. The average molecular weight is 478 g/mol. The fourth-order valence-corrected chi connectivity index (χ4v) is 4.14. The number of ether oxygens (including phenoxy) is 2. The first-order chi connectivity index (χ1) is 17.0. The van der Waals surface area contributed by atoms with Crippen LogP contribution >= 0.6 is 0 Å². The summed E-state index contributed by atoms with van der Waals surface area (Å²) in [7, 11) is 0. The molecular formula is C26H27N3O6. The lowest BCUT2D eigenvalue weighted by Crippen LogP contribution is -2.47. The number of likely N-dealkylation sites (tertiary alicyclic amines) is 1. The highest BCUT2D eigenvalue weighted by Gasteiger charge is 2.34. The van der Waals surface area contributed by atoms with Crippen molar-refractivity contribution in [2.24, 2.45) is 0 Å². The van der Waals surface area contributed by atoms with Crippen LogP contribution in [0.1, 0.15) is 47.3 Å². The highest BCUT2D eigenvalue weighted by atomic mass is 16.5. The summed E-state index contributed by atoms with van der Waals surface area (Å²) in [5, 5.41) is 5.31. The average Bonchev–Trinajstić information content (AvgIpc) is 3.27. The molecule has 0 spiro atoms. The van der Waals surface area contributed by atoms with Gasteiger partial charge in [0.25, 0.3) is 0 Å². The molecule has 0 unspecified atom stereocenters. The van der Waals surface area contributed by atoms with Crippen LogP contribution in [0.3, 0.4) is 0 Å². The van der Waals surface area contributed by atoms with Crippen LogP contribution in [-0.2, 0) is 25.6 Å². The number of nitrogens with zero attached hydrogens (tertiary/aromatic N) is 1. The highest BCUT2D eigenvalue weighted by molar-refractivity contribution is 5.95. The van der Waals surface area contributed by atoms with Crippen molar-refractivity contribution in [3.05, 3.63) is 82.6 Å². The van der Waals surface area contributed by atoms with E-state index in [-0.39, 0.29) is 30.4 Å². The molecule has 1 atom stereocenters. The van der Waals surface area contributed by atoms with Gasteiger partial charge in [0.15, 0.2) is 0 Å². The Morgan fingerprint density at radius 3 is 2.40 bits per heavy atom. The quantitative estimate of drug-likeness (QED) is 0.565. The first-order valence-electron chi connectivity index (χ1n) is 11.5. The molecule has 2 aromatic carbocycles. The first kappa shape index (κ1) is 24.0. The van der Waals surface area contributed by atoms with Crippen LogP contribution in [0.4, 0.5) is 4.79 Å². The van der Waals surface area contributed by atoms with Gasteiger partial charge >= 0.3 is 18.0 Å². The van der Waals surface area contributed by atoms with Crippen molar-refractivity contribution in [3.8, 4) is 0 Å². The Morgan fingerprint density at radius 2 is 1.74 bits per heavy atom. The van der Waals surface area contributed by atoms with Crippen molar-refractivity contribution in [2.45, 2.75) is 32.4 Å². The van der Waals surface area contributed by atoms with Crippen LogP contribution in [0, 0.1) is 0 Å². The van der Waals surface area contributed by atoms with Gasteiger partial charge in [-0.3, -0.25) is 4.79 Å². The Hall–Kier alpha value is -4.14. The Morgan fingerprint density at radius 1 is 1.00 bits per heavy atom. The molecule has 0 radical (unpaired) electrons. The monoisotopic (exact) mass is 477 g/mol. The molecule has 1 fully saturated rings. The summed E-state index contributed by atoms with van der Waals surface area (Å²) in [6.07, 6.45) is 1.44. The summed E-state index contributed by atoms with van der Waals surface area (Å²) in [6.45, 7) is 2.77. The first-order valence-corrected chi connectivity index (χ1v) is 11.5. The minimum Gasteiger partial charge on any atom is -0.463 e. The van der Waals surface area contributed by atoms with Crippen molar-refractivity contribution in [2.75, 3.05) is 19.8 Å². The third-order valence-corrected chi connectivity index (χ3v) is 5.86. The van der Waals surface area contributed by atoms with Gasteiger partial charge < -0.3 is 25.0 Å². The molecule has 2 aromatic rings. The van der Waals surface area contributed by atoms with Crippen LogP contribution < -0.4 is 10.6 Å². The summed E-state index contributed by atoms with van der Waals surface area (Å²) < 4.78 is 10.6. The van der Waals surface area contributed by atoms with Crippen molar-refractivity contribution in [3.63, 3.8) is 0 Å². The van der Waals surface area contributed by atoms with E-state index < -0.39 is 24.0 Å². The molecular weight excluding hydrogens is 450 g/mol. The SMILES string of the molecule is CCOC(=O)C1=C(COC(=O)c2ccc(CN3CCCC3=O)cc2)NC(=O)N[C@@H]1c1ccccc1. The van der Waals surface area contributed by atoms with Gasteiger partial charge in [0.05, 0.1) is 29.5 Å². The normalized spacial score (nSPS) is 17.6. The van der Waals surface area contributed by atoms with Gasteiger partial charge in [0.2, 0.25) is 5.91 Å². The zero-order valence-electron chi connectivity index (χ0n) is 19.4. The minimum absolute atomic E-state index is 0.136. The second kappa shape index (κ2) is 10.9. The lowest BCUT2D eigenvalue weighted by molar-refractivity contribution is -0.139. The van der Waals surface area contributed by atoms with E-state index in [1.165, 1.54) is 0 Å². The third-order valence-electron chi connectivity index (χ3n) is 5.86. The Kier molecular flexibility index (Phi) is 7.45. The van der Waals surface area contributed by atoms with E-state index >= 15 is 0 Å². The molecule has 9 nitrogen and oxygen atoms in total. The number of urea groups is 1. The van der Waals surface area contributed by atoms with Crippen LogP contribution in [0.5, 0.6) is 0 Å². The molecule has 9 heteroatoms. The van der Waals surface area contributed by atoms with Crippen molar-refractivity contribution in [1.29, 1.82) is 0 Å². The summed E-state index contributed by atoms with van der Waals surface area (Å²) in [6, 6.07) is 14.6. The van der Waals surface area contributed by atoms with E-state index in [9.17, 15) is 19.2 Å². The lowest BCUT2D eigenvalue weighted by Gasteiger charge is -2.29. The van der Waals surface area contributed by atoms with Crippen LogP contribution in [0.2, 0.25) is 0 Å². The molecule has 2 heterocycles. The van der Waals surface area contributed by atoms with Crippen molar-refractivity contribution >= 4 is 23.9 Å². The summed E-state index contributed by atoms with van der Waals surface area (Å²) >= 11 is 0. The second-order valence-corrected chi connectivity index (χ2v) is 8.25. The topological polar surface area (TPSA) is 114 Å². The van der Waals surface area contributed by atoms with Gasteiger partial charge in [0, 0.05) is 19.5 Å². The second-order valence-electron chi connectivity index (χ2n) is 8.25. The maximum atomic E-state index is 12.8. The van der Waals surface area contributed by atoms with E-state index in [4.69, 9.17) is 9.47 Å². The Labute approximate surface area is 203 Å². The van der Waals surface area contributed by atoms with Gasteiger partial charge in [-0.1, -0.05) is 42.5 Å². The zero-order chi connectivity index (χ0) is 24.8. The predicted molar refractivity (Wildman–Crippen MR) is 126 cm³/mol. The molecule has 0 bridgehead atoms. The molecule has 2 aliphatic heterocycles. The molecule has 0 aromatic heterocycles. The number of nitrogens with one attached hydrogen (secondary N) is 2.